The minimum Gasteiger partial charge on any atom is -0.481 e. The van der Waals surface area contributed by atoms with E-state index in [2.05, 4.69) is 77.5 Å². The Morgan fingerprint density at radius 3 is 1.29 bits per heavy atom. The highest BCUT2D eigenvalue weighted by Crippen LogP contribution is 2.32. The minimum atomic E-state index is -1.32. The molecule has 0 aliphatic carbocycles. The van der Waals surface area contributed by atoms with Gasteiger partial charge in [0.2, 0.25) is 47.3 Å². The maximum absolute atomic E-state index is 13.5. The number of aliphatic imine (C=N–C) groups is 5. The largest absolute Gasteiger partial charge is 0.481 e. The van der Waals surface area contributed by atoms with Crippen LogP contribution in [-0.4, -0.2) is 260 Å². The number of thioether (sulfide) groups is 2. The molecule has 40 nitrogen and oxygen atoms in total. The molecule has 2 aliphatic rings. The van der Waals surface area contributed by atoms with E-state index in [-0.39, 0.29) is 108 Å². The Bertz CT molecular complexity index is 3920. The van der Waals surface area contributed by atoms with Gasteiger partial charge in [0.15, 0.2) is 23.7 Å². The number of nitrogens with zero attached hydrogens (tertiary/aromatic N) is 7. The fourth-order valence-corrected chi connectivity index (χ4v) is 13.7. The van der Waals surface area contributed by atoms with Crippen LogP contribution in [0, 0.1) is 11.8 Å². The number of nitrogens with two attached hydrogens (primary N) is 6. The topological polar surface area (TPSA) is 642 Å². The van der Waals surface area contributed by atoms with E-state index in [0.717, 1.165) is 79.0 Å². The molecule has 0 bridgehead atoms. The summed E-state index contributed by atoms with van der Waals surface area (Å²) in [6.45, 7) is 7.46. The molecule has 44 heteroatoms. The molecule has 23 N–H and O–H groups in total. The molecular formula is C68H103N21O19S4. The van der Waals surface area contributed by atoms with Gasteiger partial charge in [-0.3, -0.25) is 82.5 Å². The molecule has 6 atom stereocenters. The van der Waals surface area contributed by atoms with Crippen LogP contribution in [0.25, 0.3) is 20.4 Å². The van der Waals surface area contributed by atoms with Gasteiger partial charge in [0, 0.05) is 102 Å². The monoisotopic (exact) mass is 1650 g/mol. The Balaban J connectivity index is 0.000000532. The number of hydrogen-bond donors (Lipinski definition) is 17. The molecule has 618 valence electrons. The van der Waals surface area contributed by atoms with Crippen molar-refractivity contribution in [2.75, 3.05) is 122 Å². The van der Waals surface area contributed by atoms with E-state index < -0.39 is 115 Å². The predicted molar refractivity (Wildman–Crippen MR) is 429 cm³/mol. The number of thiazole rings is 2. The first-order chi connectivity index (χ1) is 53.3. The lowest BCUT2D eigenvalue weighted by atomic mass is 9.86. The van der Waals surface area contributed by atoms with Crippen LogP contribution in [0.5, 0.6) is 0 Å². The number of carbonyl (C=O) groups is 12. The van der Waals surface area contributed by atoms with Gasteiger partial charge in [-0.05, 0) is 87.3 Å². The second-order valence-corrected chi connectivity index (χ2v) is 28.7. The van der Waals surface area contributed by atoms with E-state index in [9.17, 15) is 53.1 Å². The van der Waals surface area contributed by atoms with E-state index in [4.69, 9.17) is 73.2 Å². The fourth-order valence-electron chi connectivity index (χ4n) is 9.79. The molecule has 0 fully saturated rings. The average molecular weight is 1650 g/mol. The molecule has 2 aliphatic heterocycles. The molecule has 4 aromatic rings. The van der Waals surface area contributed by atoms with Gasteiger partial charge in [-0.2, -0.15) is 0 Å². The van der Waals surface area contributed by atoms with Crippen LogP contribution < -0.4 is 76.9 Å². The summed E-state index contributed by atoms with van der Waals surface area (Å²) < 4.78 is 22.0. The van der Waals surface area contributed by atoms with E-state index in [1.165, 1.54) is 36.9 Å². The van der Waals surface area contributed by atoms with Crippen LogP contribution in [0.1, 0.15) is 102 Å². The quantitative estimate of drug-likeness (QED) is 0.0154. The molecule has 8 amide bonds. The number of carboxylic acid groups (broad SMARTS) is 3. The van der Waals surface area contributed by atoms with Gasteiger partial charge < -0.3 is 111 Å². The lowest BCUT2D eigenvalue weighted by molar-refractivity contribution is -0.139. The smallest absolute Gasteiger partial charge is 0.303 e. The number of Topliss-reactive ketones (excluding diaryl/α,β-unsaturated/α-hetero) is 1. The lowest BCUT2D eigenvalue weighted by Crippen LogP contribution is -2.52. The van der Waals surface area contributed by atoms with Crippen molar-refractivity contribution in [3.05, 3.63) is 46.4 Å². The number of ketones is 1. The van der Waals surface area contributed by atoms with Crippen LogP contribution in [0.3, 0.4) is 0 Å². The standard InChI is InChI=1S/C35H51N9O9S2.C29H44N12O6S2.2C2H4O2/c1-4-20(2)23(17-22(45)19-53-14-13-52-3)30(49)43-26(9-10-29(47)48)31(50)40-18-28(46)42-25(6-5-11-39-35(36)37)32(51)41-21-7-8-24-27(16-21)55-34(44-24)33-38-12-15-54-33;1-46-11-12-47-16-23(43)40-19(4-2-8-35-28(30)31)24(44)37-15-22(42)39-20(5-3-9-36-29(32)33)25(45)38-17-6-7-18-21(14-17)49-27(41-18)26-34-10-13-48-26;2*1-2(3)4/h7-8,16,20,23,25-26H,4-6,9-15,17-19H2,1-3H3,(H,40,50)(H,41,51)(H,42,46)(H,43,49)(H,47,48)(H4,36,37,39);6-7,14,19-20H,2-5,8-13,15-16H2,1H3,(H,37,44)(H,38,45)(H,39,42)(H,40,43)(H4,30,31,35)(H4,32,33,36);2*1H3,(H,3,4). The summed E-state index contributed by atoms with van der Waals surface area (Å²) in [7, 11) is 3.00. The Morgan fingerprint density at radius 1 is 0.527 bits per heavy atom. The van der Waals surface area contributed by atoms with E-state index in [1.807, 2.05) is 19.1 Å². The number of guanidine groups is 3. The highest BCUT2D eigenvalue weighted by atomic mass is 32.2. The molecular weight excluding hydrogens is 1540 g/mol. The first-order valence-corrected chi connectivity index (χ1v) is 38.9. The van der Waals surface area contributed by atoms with Crippen LogP contribution in [0.15, 0.2) is 61.4 Å². The Labute approximate surface area is 662 Å². The van der Waals surface area contributed by atoms with Crippen molar-refractivity contribution in [2.24, 2.45) is 71.2 Å². The van der Waals surface area contributed by atoms with Crippen molar-refractivity contribution in [1.29, 1.82) is 0 Å². The summed E-state index contributed by atoms with van der Waals surface area (Å²) in [4.78, 5) is 177. The molecule has 4 heterocycles. The number of rotatable bonds is 46. The third-order valence-corrected chi connectivity index (χ3v) is 19.5. The number of carbonyl (C=O) groups excluding carboxylic acids is 9. The van der Waals surface area contributed by atoms with Gasteiger partial charge in [0.1, 0.15) is 57.5 Å². The Kier molecular flexibility index (Phi) is 45.9. The summed E-state index contributed by atoms with van der Waals surface area (Å²) in [5.41, 5.74) is 35.0. The molecule has 0 spiro atoms. The van der Waals surface area contributed by atoms with Crippen molar-refractivity contribution in [3.63, 3.8) is 0 Å². The minimum absolute atomic E-state index is 0.0894. The number of carboxylic acids is 3. The molecule has 6 unspecified atom stereocenters. The first-order valence-electron chi connectivity index (χ1n) is 35.3. The van der Waals surface area contributed by atoms with Gasteiger partial charge in [-0.15, -0.1) is 46.2 Å². The normalized spacial score (nSPS) is 13.5. The highest BCUT2D eigenvalue weighted by Gasteiger charge is 2.32. The summed E-state index contributed by atoms with van der Waals surface area (Å²) in [6.07, 6.45) is 1.31. The SMILES string of the molecule is CC(=O)O.CC(=O)O.CCC(C)C(CC(=O)COCCOC)C(=O)NC(CCC(=O)O)C(=O)NCC(=O)NC(CCCN=C(N)N)C(=O)Nc1ccc2nc(C3=NCCS3)sc2c1.COCCOCC(=O)NC(CCCN=C(N)N)C(=O)NCC(=O)NC(CCCN=C(N)N)C(=O)Nc1ccc2nc(C3=NCCS3)sc2c1. The number of amides is 8. The number of nitrogens with one attached hydrogen (secondary N) is 8. The molecule has 0 saturated carbocycles. The summed E-state index contributed by atoms with van der Waals surface area (Å²) in [5, 5.41) is 48.7. The fraction of sp³-hybridized carbons (Fsp3) is 0.544. The van der Waals surface area contributed by atoms with Crippen LogP contribution in [0.4, 0.5) is 11.4 Å². The van der Waals surface area contributed by atoms with Crippen molar-refractivity contribution in [3.8, 4) is 0 Å². The van der Waals surface area contributed by atoms with E-state index in [0.29, 0.717) is 50.3 Å². The maximum atomic E-state index is 13.5. The van der Waals surface area contributed by atoms with Gasteiger partial charge in [-0.25, -0.2) is 9.97 Å². The third kappa shape index (κ3) is 40.1. The lowest BCUT2D eigenvalue weighted by Gasteiger charge is -2.25. The predicted octanol–water partition coefficient (Wildman–Crippen LogP) is -0.217. The summed E-state index contributed by atoms with van der Waals surface area (Å²) in [5.74, 6) is -7.61. The number of aliphatic carboxylic acids is 3. The zero-order valence-electron chi connectivity index (χ0n) is 63.2. The number of hydrogen-bond acceptors (Lipinski definition) is 27. The number of methoxy groups -OCH3 is 2. The second kappa shape index (κ2) is 53.6. The maximum Gasteiger partial charge on any atom is 0.303 e. The number of fused-ring (bicyclic) bond motifs is 2. The van der Waals surface area contributed by atoms with Gasteiger partial charge in [0.05, 0.1) is 60.0 Å². The van der Waals surface area contributed by atoms with Crippen molar-refractivity contribution < 1.29 is 91.8 Å². The van der Waals surface area contributed by atoms with Crippen molar-refractivity contribution in [2.45, 2.75) is 116 Å². The van der Waals surface area contributed by atoms with Crippen molar-refractivity contribution >= 4 is 177 Å². The van der Waals surface area contributed by atoms with Crippen LogP contribution in [-0.2, 0) is 76.5 Å². The zero-order valence-corrected chi connectivity index (χ0v) is 66.5. The molecule has 2 aromatic carbocycles. The summed E-state index contributed by atoms with van der Waals surface area (Å²) >= 11 is 6.25. The first kappa shape index (κ1) is 96.0. The Hall–Kier alpha value is -10.3. The number of ether oxygens (including phenoxy) is 4. The van der Waals surface area contributed by atoms with Crippen LogP contribution >= 0.6 is 46.2 Å². The highest BCUT2D eigenvalue weighted by molar-refractivity contribution is 8.15. The van der Waals surface area contributed by atoms with Crippen LogP contribution in [0.2, 0.25) is 0 Å². The molecule has 6 rings (SSSR count). The van der Waals surface area contributed by atoms with Gasteiger partial charge in [-0.1, -0.05) is 20.3 Å². The second-order valence-electron chi connectivity index (χ2n) is 24.5. The van der Waals surface area contributed by atoms with Crippen molar-refractivity contribution in [1.82, 2.24) is 41.9 Å². The summed E-state index contributed by atoms with van der Waals surface area (Å²) in [6, 6.07) is 6.29. The van der Waals surface area contributed by atoms with Gasteiger partial charge in [0.25, 0.3) is 11.9 Å². The Morgan fingerprint density at radius 2 is 0.920 bits per heavy atom. The number of anilines is 2. The average Bonchev–Trinajstić information content (AvgIpc) is 1.67. The molecule has 112 heavy (non-hydrogen) atoms. The molecule has 0 saturated heterocycles. The number of aromatic nitrogens is 2. The van der Waals surface area contributed by atoms with E-state index in [1.54, 1.807) is 54.7 Å². The zero-order chi connectivity index (χ0) is 83.1. The number of benzene rings is 2. The third-order valence-electron chi connectivity index (χ3n) is 15.2. The molecule has 0 radical (unpaired) electrons. The van der Waals surface area contributed by atoms with Gasteiger partial charge >= 0.3 is 5.97 Å². The molecule has 2 aromatic heterocycles. The van der Waals surface area contributed by atoms with E-state index >= 15 is 0 Å².